The lowest BCUT2D eigenvalue weighted by molar-refractivity contribution is -0.125. The number of benzene rings is 2. The first-order valence-electron chi connectivity index (χ1n) is 9.08. The molecule has 2 heterocycles. The van der Waals surface area contributed by atoms with E-state index in [1.807, 2.05) is 24.3 Å². The molecule has 7 nitrogen and oxygen atoms in total. The molecule has 0 aliphatic carbocycles. The van der Waals surface area contributed by atoms with E-state index in [9.17, 15) is 9.18 Å². The van der Waals surface area contributed by atoms with Crippen molar-refractivity contribution in [2.45, 2.75) is 19.1 Å². The summed E-state index contributed by atoms with van der Waals surface area (Å²) in [7, 11) is 1.58. The Morgan fingerprint density at radius 2 is 2.03 bits per heavy atom. The summed E-state index contributed by atoms with van der Waals surface area (Å²) in [5, 5.41) is 11.0. The molecule has 0 saturated carbocycles. The van der Waals surface area contributed by atoms with E-state index in [0.717, 1.165) is 5.56 Å². The summed E-state index contributed by atoms with van der Waals surface area (Å²) in [5.41, 5.74) is 1.95. The fraction of sp³-hybridized carbons (Fsp3) is 0.190. The Bertz CT molecular complexity index is 1060. The lowest BCUT2D eigenvalue weighted by Gasteiger charge is -2.08. The van der Waals surface area contributed by atoms with Crippen molar-refractivity contribution in [3.8, 4) is 5.75 Å². The number of para-hydroxylation sites is 1. The Morgan fingerprint density at radius 1 is 1.24 bits per heavy atom. The SMILES string of the molecule is COc1ccccc1C1=NOC(C(=O)Nc2ccn(Cc3ccccc3F)n2)C1. The van der Waals surface area contributed by atoms with E-state index in [4.69, 9.17) is 9.57 Å². The van der Waals surface area contributed by atoms with Gasteiger partial charge in [-0.15, -0.1) is 0 Å². The molecule has 0 spiro atoms. The van der Waals surface area contributed by atoms with Crippen LogP contribution in [0.25, 0.3) is 0 Å². The number of oxime groups is 1. The monoisotopic (exact) mass is 394 g/mol. The van der Waals surface area contributed by atoms with Crippen LogP contribution in [0.1, 0.15) is 17.5 Å². The van der Waals surface area contributed by atoms with E-state index in [1.165, 1.54) is 6.07 Å². The zero-order valence-corrected chi connectivity index (χ0v) is 15.7. The van der Waals surface area contributed by atoms with Gasteiger partial charge >= 0.3 is 0 Å². The van der Waals surface area contributed by atoms with Crippen molar-refractivity contribution < 1.29 is 18.8 Å². The van der Waals surface area contributed by atoms with Gasteiger partial charge in [0.25, 0.3) is 5.91 Å². The molecule has 1 aliphatic rings. The van der Waals surface area contributed by atoms with E-state index in [1.54, 1.807) is 42.3 Å². The molecule has 0 radical (unpaired) electrons. The van der Waals surface area contributed by atoms with Crippen molar-refractivity contribution in [1.82, 2.24) is 9.78 Å². The van der Waals surface area contributed by atoms with Crippen LogP contribution in [0.4, 0.5) is 10.2 Å². The first-order valence-corrected chi connectivity index (χ1v) is 9.08. The maximum absolute atomic E-state index is 13.8. The van der Waals surface area contributed by atoms with Crippen LogP contribution in [0.2, 0.25) is 0 Å². The number of methoxy groups -OCH3 is 1. The zero-order chi connectivity index (χ0) is 20.2. The van der Waals surface area contributed by atoms with Crippen LogP contribution in [0.15, 0.2) is 65.9 Å². The van der Waals surface area contributed by atoms with Crippen LogP contribution in [0.5, 0.6) is 5.75 Å². The summed E-state index contributed by atoms with van der Waals surface area (Å²) in [4.78, 5) is 17.8. The molecule has 4 rings (SSSR count). The summed E-state index contributed by atoms with van der Waals surface area (Å²) in [6.45, 7) is 0.267. The van der Waals surface area contributed by atoms with E-state index < -0.39 is 6.10 Å². The Kier molecular flexibility index (Phi) is 5.24. The normalized spacial score (nSPS) is 15.5. The molecule has 148 valence electrons. The van der Waals surface area contributed by atoms with E-state index in [0.29, 0.717) is 29.3 Å². The Balaban J connectivity index is 1.37. The highest BCUT2D eigenvalue weighted by molar-refractivity contribution is 6.07. The quantitative estimate of drug-likeness (QED) is 0.696. The number of carbonyl (C=O) groups excluding carboxylic acids is 1. The Morgan fingerprint density at radius 3 is 2.86 bits per heavy atom. The van der Waals surface area contributed by atoms with E-state index >= 15 is 0 Å². The predicted molar refractivity (Wildman–Crippen MR) is 105 cm³/mol. The number of ether oxygens (including phenoxy) is 1. The van der Waals surface area contributed by atoms with Crippen molar-refractivity contribution in [2.24, 2.45) is 5.16 Å². The van der Waals surface area contributed by atoms with Gasteiger partial charge in [-0.05, 0) is 18.2 Å². The van der Waals surface area contributed by atoms with Gasteiger partial charge in [0.2, 0.25) is 6.10 Å². The van der Waals surface area contributed by atoms with Crippen LogP contribution in [0, 0.1) is 5.82 Å². The molecule has 2 aromatic carbocycles. The Labute approximate surface area is 166 Å². The van der Waals surface area contributed by atoms with Crippen LogP contribution in [-0.4, -0.2) is 34.6 Å². The summed E-state index contributed by atoms with van der Waals surface area (Å²) in [5.74, 6) is 0.382. The number of hydrogen-bond donors (Lipinski definition) is 1. The number of nitrogens with zero attached hydrogens (tertiary/aromatic N) is 3. The molecule has 1 amide bonds. The topological polar surface area (TPSA) is 77.7 Å². The lowest BCUT2D eigenvalue weighted by Crippen LogP contribution is -2.28. The highest BCUT2D eigenvalue weighted by Gasteiger charge is 2.30. The number of nitrogens with one attached hydrogen (secondary N) is 1. The molecule has 0 fully saturated rings. The third-order valence-electron chi connectivity index (χ3n) is 4.56. The van der Waals surface area contributed by atoms with Crippen molar-refractivity contribution in [2.75, 3.05) is 12.4 Å². The second kappa shape index (κ2) is 8.14. The van der Waals surface area contributed by atoms with Gasteiger partial charge in [-0.25, -0.2) is 4.39 Å². The summed E-state index contributed by atoms with van der Waals surface area (Å²) >= 11 is 0. The largest absolute Gasteiger partial charge is 0.496 e. The van der Waals surface area contributed by atoms with Gasteiger partial charge in [0.15, 0.2) is 5.82 Å². The van der Waals surface area contributed by atoms with Crippen molar-refractivity contribution in [3.63, 3.8) is 0 Å². The lowest BCUT2D eigenvalue weighted by atomic mass is 10.0. The molecule has 1 aromatic heterocycles. The van der Waals surface area contributed by atoms with Crippen molar-refractivity contribution in [3.05, 3.63) is 77.7 Å². The van der Waals surface area contributed by atoms with Crippen molar-refractivity contribution >= 4 is 17.4 Å². The number of carbonyl (C=O) groups is 1. The van der Waals surface area contributed by atoms with Crippen LogP contribution in [0.3, 0.4) is 0 Å². The summed E-state index contributed by atoms with van der Waals surface area (Å²) in [6.07, 6.45) is 1.24. The second-order valence-electron chi connectivity index (χ2n) is 6.52. The molecule has 1 atom stereocenters. The molecule has 1 unspecified atom stereocenters. The number of anilines is 1. The number of hydrogen-bond acceptors (Lipinski definition) is 5. The zero-order valence-electron chi connectivity index (χ0n) is 15.7. The van der Waals surface area contributed by atoms with Gasteiger partial charge < -0.3 is 14.9 Å². The first-order chi connectivity index (χ1) is 14.1. The van der Waals surface area contributed by atoms with Gasteiger partial charge in [-0.1, -0.05) is 35.5 Å². The third kappa shape index (κ3) is 4.11. The minimum absolute atomic E-state index is 0.267. The average Bonchev–Trinajstić information content (AvgIpc) is 3.39. The Hall–Kier alpha value is -3.68. The van der Waals surface area contributed by atoms with Gasteiger partial charge in [-0.3, -0.25) is 9.48 Å². The summed E-state index contributed by atoms with van der Waals surface area (Å²) < 4.78 is 20.7. The highest BCUT2D eigenvalue weighted by atomic mass is 19.1. The standard InChI is InChI=1S/C21H19FN4O3/c1-28-18-9-5-3-7-15(18)17-12-19(29-25-17)21(27)23-20-10-11-26(24-20)13-14-6-2-4-8-16(14)22/h2-11,19H,12-13H2,1H3,(H,23,24,27). The van der Waals surface area contributed by atoms with E-state index in [2.05, 4.69) is 15.6 Å². The fourth-order valence-electron chi connectivity index (χ4n) is 3.08. The molecule has 1 aliphatic heterocycles. The molecule has 1 N–H and O–H groups in total. The third-order valence-corrected chi connectivity index (χ3v) is 4.56. The van der Waals surface area contributed by atoms with Crippen LogP contribution < -0.4 is 10.1 Å². The molecule has 0 bridgehead atoms. The van der Waals surface area contributed by atoms with Crippen LogP contribution >= 0.6 is 0 Å². The number of aromatic nitrogens is 2. The molecular formula is C21H19FN4O3. The highest BCUT2D eigenvalue weighted by Crippen LogP contribution is 2.25. The minimum Gasteiger partial charge on any atom is -0.496 e. The number of amides is 1. The fourth-order valence-corrected chi connectivity index (χ4v) is 3.08. The smallest absolute Gasteiger partial charge is 0.269 e. The van der Waals surface area contributed by atoms with Gasteiger partial charge in [0.1, 0.15) is 11.6 Å². The molecule has 3 aromatic rings. The maximum Gasteiger partial charge on any atom is 0.269 e. The van der Waals surface area contributed by atoms with Gasteiger partial charge in [0, 0.05) is 29.8 Å². The predicted octanol–water partition coefficient (Wildman–Crippen LogP) is 3.21. The average molecular weight is 394 g/mol. The second-order valence-corrected chi connectivity index (χ2v) is 6.52. The van der Waals surface area contributed by atoms with Crippen molar-refractivity contribution in [1.29, 1.82) is 0 Å². The number of halogens is 1. The van der Waals surface area contributed by atoms with Gasteiger partial charge in [-0.2, -0.15) is 5.10 Å². The molecule has 8 heteroatoms. The number of rotatable bonds is 6. The van der Waals surface area contributed by atoms with Gasteiger partial charge in [0.05, 0.1) is 19.4 Å². The minimum atomic E-state index is -0.758. The van der Waals surface area contributed by atoms with E-state index in [-0.39, 0.29) is 18.3 Å². The summed E-state index contributed by atoms with van der Waals surface area (Å²) in [6, 6.07) is 15.6. The molecule has 29 heavy (non-hydrogen) atoms. The first kappa shape index (κ1) is 18.7. The molecular weight excluding hydrogens is 375 g/mol. The maximum atomic E-state index is 13.8. The van der Waals surface area contributed by atoms with Crippen LogP contribution in [-0.2, 0) is 16.2 Å². The molecule has 0 saturated heterocycles.